The van der Waals surface area contributed by atoms with Crippen LogP contribution >= 0.6 is 11.8 Å². The van der Waals surface area contributed by atoms with Gasteiger partial charge in [0.15, 0.2) is 5.16 Å². The van der Waals surface area contributed by atoms with Crippen LogP contribution in [0.2, 0.25) is 0 Å². The van der Waals surface area contributed by atoms with Crippen LogP contribution < -0.4 is 15.0 Å². The van der Waals surface area contributed by atoms with E-state index in [0.29, 0.717) is 6.54 Å². The fourth-order valence-electron chi connectivity index (χ4n) is 3.89. The van der Waals surface area contributed by atoms with Crippen LogP contribution in [0.15, 0.2) is 52.2 Å². The predicted molar refractivity (Wildman–Crippen MR) is 130 cm³/mol. The van der Waals surface area contributed by atoms with Crippen LogP contribution in [0.3, 0.4) is 0 Å². The monoisotopic (exact) mass is 469 g/mol. The molecule has 8 nitrogen and oxygen atoms in total. The summed E-state index contributed by atoms with van der Waals surface area (Å²) in [6, 6.07) is 11.2. The van der Waals surface area contributed by atoms with Gasteiger partial charge in [0.05, 0.1) is 25.2 Å². The number of nitrogens with zero attached hydrogens (tertiary/aromatic N) is 4. The van der Waals surface area contributed by atoms with Crippen molar-refractivity contribution >= 4 is 29.3 Å². The van der Waals surface area contributed by atoms with Gasteiger partial charge in [0, 0.05) is 18.8 Å². The van der Waals surface area contributed by atoms with Crippen LogP contribution in [0.4, 0.5) is 11.6 Å². The number of hydrogen-bond acceptors (Lipinski definition) is 7. The number of aromatic nitrogens is 3. The van der Waals surface area contributed by atoms with Gasteiger partial charge in [-0.05, 0) is 61.6 Å². The van der Waals surface area contributed by atoms with E-state index in [1.807, 2.05) is 50.2 Å². The lowest BCUT2D eigenvalue weighted by atomic mass is 10.1. The third kappa shape index (κ3) is 5.71. The molecule has 1 atom stereocenters. The van der Waals surface area contributed by atoms with Crippen molar-refractivity contribution in [2.24, 2.45) is 5.92 Å². The molecule has 4 rings (SSSR count). The Bertz CT molecular complexity index is 1030. The largest absolute Gasteiger partial charge is 0.497 e. The zero-order chi connectivity index (χ0) is 23.2. The summed E-state index contributed by atoms with van der Waals surface area (Å²) in [6.07, 6.45) is 5.21. The number of carbonyl (C=O) groups is 1. The van der Waals surface area contributed by atoms with Gasteiger partial charge in [0.2, 0.25) is 11.9 Å². The van der Waals surface area contributed by atoms with Crippen LogP contribution in [0.5, 0.6) is 5.75 Å². The maximum absolute atomic E-state index is 13.2. The number of amides is 1. The molecule has 1 unspecified atom stereocenters. The standard InChI is InChI=1S/C24H31N5O3S/c1-17(2)21(22(30)25-18-9-11-19(31-3)12-10-18)33-24-27-26-23(28-13-5-4-6-14-28)29(24)16-20-8-7-15-32-20/h7-12,15,17,21H,4-6,13-14,16H2,1-3H3,(H,25,30). The quantitative estimate of drug-likeness (QED) is 0.456. The lowest BCUT2D eigenvalue weighted by Gasteiger charge is -2.28. The zero-order valence-corrected chi connectivity index (χ0v) is 20.2. The molecule has 0 radical (unpaired) electrons. The number of thioether (sulfide) groups is 1. The van der Waals surface area contributed by atoms with Crippen molar-refractivity contribution in [3.63, 3.8) is 0 Å². The van der Waals surface area contributed by atoms with Crippen molar-refractivity contribution in [2.45, 2.75) is 50.1 Å². The Balaban J connectivity index is 1.56. The van der Waals surface area contributed by atoms with E-state index >= 15 is 0 Å². The lowest BCUT2D eigenvalue weighted by molar-refractivity contribution is -0.116. The average molecular weight is 470 g/mol. The van der Waals surface area contributed by atoms with Crippen LogP contribution in [0, 0.1) is 5.92 Å². The zero-order valence-electron chi connectivity index (χ0n) is 19.4. The first-order valence-corrected chi connectivity index (χ1v) is 12.2. The Morgan fingerprint density at radius 1 is 1.15 bits per heavy atom. The van der Waals surface area contributed by atoms with E-state index in [9.17, 15) is 4.79 Å². The predicted octanol–water partition coefficient (Wildman–Crippen LogP) is 4.67. The van der Waals surface area contributed by atoms with Gasteiger partial charge in [-0.3, -0.25) is 9.36 Å². The number of hydrogen-bond donors (Lipinski definition) is 1. The summed E-state index contributed by atoms with van der Waals surface area (Å²) >= 11 is 1.45. The second-order valence-corrected chi connectivity index (χ2v) is 9.60. The molecular formula is C24H31N5O3S. The van der Waals surface area contributed by atoms with Crippen LogP contribution in [0.25, 0.3) is 0 Å². The molecular weight excluding hydrogens is 438 g/mol. The summed E-state index contributed by atoms with van der Waals surface area (Å²) in [5.74, 6) is 2.46. The molecule has 0 saturated carbocycles. The first-order valence-electron chi connectivity index (χ1n) is 11.4. The Morgan fingerprint density at radius 2 is 1.91 bits per heavy atom. The van der Waals surface area contributed by atoms with Gasteiger partial charge in [-0.25, -0.2) is 0 Å². The number of piperidine rings is 1. The van der Waals surface area contributed by atoms with Gasteiger partial charge in [-0.15, -0.1) is 10.2 Å². The van der Waals surface area contributed by atoms with Gasteiger partial charge in [-0.2, -0.15) is 0 Å². The fraction of sp³-hybridized carbons (Fsp3) is 0.458. The molecule has 1 fully saturated rings. The summed E-state index contributed by atoms with van der Waals surface area (Å²) < 4.78 is 12.9. The summed E-state index contributed by atoms with van der Waals surface area (Å²) in [5.41, 5.74) is 0.734. The highest BCUT2D eigenvalue weighted by atomic mass is 32.2. The molecule has 0 aliphatic carbocycles. The summed E-state index contributed by atoms with van der Waals surface area (Å²) in [4.78, 5) is 15.5. The number of ether oxygens (including phenoxy) is 1. The van der Waals surface area contributed by atoms with Crippen molar-refractivity contribution in [3.05, 3.63) is 48.4 Å². The highest BCUT2D eigenvalue weighted by molar-refractivity contribution is 8.00. The molecule has 0 bridgehead atoms. The number of furan rings is 1. The Morgan fingerprint density at radius 3 is 2.55 bits per heavy atom. The molecule has 3 heterocycles. The van der Waals surface area contributed by atoms with Gasteiger partial charge in [0.1, 0.15) is 11.5 Å². The Hall–Kier alpha value is -2.94. The summed E-state index contributed by atoms with van der Waals surface area (Å²) in [7, 11) is 1.62. The highest BCUT2D eigenvalue weighted by Gasteiger charge is 2.28. The molecule has 0 spiro atoms. The second-order valence-electron chi connectivity index (χ2n) is 8.50. The SMILES string of the molecule is COc1ccc(NC(=O)C(Sc2nnc(N3CCCCC3)n2Cc2ccco2)C(C)C)cc1. The fourth-order valence-corrected chi connectivity index (χ4v) is 4.91. The third-order valence-corrected chi connectivity index (χ3v) is 7.21. The highest BCUT2D eigenvalue weighted by Crippen LogP contribution is 2.32. The van der Waals surface area contributed by atoms with Gasteiger partial charge in [-0.1, -0.05) is 25.6 Å². The van der Waals surface area contributed by atoms with E-state index in [0.717, 1.165) is 54.2 Å². The van der Waals surface area contributed by atoms with Crippen molar-refractivity contribution < 1.29 is 13.9 Å². The maximum atomic E-state index is 13.2. The molecule has 9 heteroatoms. The molecule has 2 aromatic heterocycles. The number of benzene rings is 1. The van der Waals surface area contributed by atoms with Crippen molar-refractivity contribution in [1.82, 2.24) is 14.8 Å². The smallest absolute Gasteiger partial charge is 0.238 e. The first kappa shape index (κ1) is 23.2. The third-order valence-electron chi connectivity index (χ3n) is 5.68. The number of rotatable bonds is 9. The van der Waals surface area contributed by atoms with Crippen LogP contribution in [-0.4, -0.2) is 46.1 Å². The van der Waals surface area contributed by atoms with E-state index in [-0.39, 0.29) is 17.1 Å². The number of nitrogens with one attached hydrogen (secondary N) is 1. The minimum absolute atomic E-state index is 0.0627. The van der Waals surface area contributed by atoms with Gasteiger partial charge in [0.25, 0.3) is 0 Å². The molecule has 1 aliphatic heterocycles. The van der Waals surface area contributed by atoms with Crippen LogP contribution in [0.1, 0.15) is 38.9 Å². The Labute approximate surface area is 198 Å². The normalized spacial score (nSPS) is 15.0. The second kappa shape index (κ2) is 10.8. The lowest BCUT2D eigenvalue weighted by Crippen LogP contribution is -2.32. The molecule has 1 saturated heterocycles. The number of anilines is 2. The molecule has 1 aromatic carbocycles. The van der Waals surface area contributed by atoms with Gasteiger partial charge >= 0.3 is 0 Å². The van der Waals surface area contributed by atoms with E-state index in [1.54, 1.807) is 13.4 Å². The molecule has 1 amide bonds. The number of methoxy groups -OCH3 is 1. The first-order chi connectivity index (χ1) is 16.0. The van der Waals surface area contributed by atoms with Crippen molar-refractivity contribution in [2.75, 3.05) is 30.4 Å². The minimum atomic E-state index is -0.333. The minimum Gasteiger partial charge on any atom is -0.497 e. The van der Waals surface area contributed by atoms with Crippen molar-refractivity contribution in [1.29, 1.82) is 0 Å². The van der Waals surface area contributed by atoms with Crippen molar-refractivity contribution in [3.8, 4) is 5.75 Å². The van der Waals surface area contributed by atoms with E-state index < -0.39 is 0 Å². The molecule has 1 N–H and O–H groups in total. The number of carbonyl (C=O) groups excluding carboxylic acids is 1. The molecule has 176 valence electrons. The molecule has 33 heavy (non-hydrogen) atoms. The molecule has 3 aromatic rings. The maximum Gasteiger partial charge on any atom is 0.238 e. The van der Waals surface area contributed by atoms with Gasteiger partial charge < -0.3 is 19.4 Å². The summed E-state index contributed by atoms with van der Waals surface area (Å²) in [5, 5.41) is 12.4. The van der Waals surface area contributed by atoms with E-state index in [1.165, 1.54) is 18.2 Å². The summed E-state index contributed by atoms with van der Waals surface area (Å²) in [6.45, 7) is 6.55. The van der Waals surface area contributed by atoms with E-state index in [4.69, 9.17) is 9.15 Å². The van der Waals surface area contributed by atoms with Crippen LogP contribution in [-0.2, 0) is 11.3 Å². The average Bonchev–Trinajstić information content (AvgIpc) is 3.48. The topological polar surface area (TPSA) is 85.4 Å². The molecule has 1 aliphatic rings. The van der Waals surface area contributed by atoms with E-state index in [2.05, 4.69) is 25.0 Å². The Kier molecular flexibility index (Phi) is 7.59.